The summed E-state index contributed by atoms with van der Waals surface area (Å²) >= 11 is 0. The number of aryl methyl sites for hydroxylation is 1. The summed E-state index contributed by atoms with van der Waals surface area (Å²) in [4.78, 5) is 10.6. The molecular weight excluding hydrogens is 254 g/mol. The third-order valence-electron chi connectivity index (χ3n) is 3.02. The minimum atomic E-state index is -3.71. The van der Waals surface area contributed by atoms with Crippen LogP contribution in [0.25, 0.3) is 0 Å². The van der Waals surface area contributed by atoms with E-state index in [1.54, 1.807) is 0 Å². The summed E-state index contributed by atoms with van der Waals surface area (Å²) in [5.41, 5.74) is 2.11. The zero-order chi connectivity index (χ0) is 13.2. The second-order valence-corrected chi connectivity index (χ2v) is 6.32. The Kier molecular flexibility index (Phi) is 3.68. The Morgan fingerprint density at radius 1 is 1.28 bits per heavy atom. The molecule has 0 fully saturated rings. The smallest absolute Gasteiger partial charge is 0.320 e. The lowest BCUT2D eigenvalue weighted by Gasteiger charge is -2.19. The van der Waals surface area contributed by atoms with Crippen LogP contribution in [0.2, 0.25) is 0 Å². The molecule has 0 aliphatic carbocycles. The van der Waals surface area contributed by atoms with Gasteiger partial charge in [0, 0.05) is 13.1 Å². The highest BCUT2D eigenvalue weighted by atomic mass is 32.2. The maximum Gasteiger partial charge on any atom is 0.320 e. The van der Waals surface area contributed by atoms with Gasteiger partial charge in [0.2, 0.25) is 10.0 Å². The van der Waals surface area contributed by atoms with Crippen LogP contribution in [0.3, 0.4) is 0 Å². The quantitative estimate of drug-likeness (QED) is 0.882. The standard InChI is InChI=1S/C12H15NO4S/c14-12(15)9-18(16,17)13-7-3-6-10-4-1-2-5-11(10)8-13/h1-2,4-5H,3,6-9H2,(H,14,15). The Morgan fingerprint density at radius 2 is 1.94 bits per heavy atom. The molecule has 0 saturated heterocycles. The normalized spacial score (nSPS) is 16.9. The number of fused-ring (bicyclic) bond motifs is 1. The van der Waals surface area contributed by atoms with Crippen LogP contribution in [0.15, 0.2) is 24.3 Å². The Hall–Kier alpha value is -1.40. The van der Waals surface area contributed by atoms with Crippen molar-refractivity contribution in [2.75, 3.05) is 12.3 Å². The van der Waals surface area contributed by atoms with Crippen LogP contribution in [0.1, 0.15) is 17.5 Å². The predicted molar refractivity (Wildman–Crippen MR) is 66.6 cm³/mol. The van der Waals surface area contributed by atoms with E-state index >= 15 is 0 Å². The van der Waals surface area contributed by atoms with Crippen molar-refractivity contribution in [3.05, 3.63) is 35.4 Å². The van der Waals surface area contributed by atoms with Crippen molar-refractivity contribution in [2.45, 2.75) is 19.4 Å². The number of carbonyl (C=O) groups is 1. The summed E-state index contributed by atoms with van der Waals surface area (Å²) in [6.07, 6.45) is 1.55. The maximum atomic E-state index is 11.9. The van der Waals surface area contributed by atoms with Gasteiger partial charge in [-0.25, -0.2) is 8.42 Å². The van der Waals surface area contributed by atoms with E-state index in [4.69, 9.17) is 5.11 Å². The first kappa shape index (κ1) is 13.0. The molecule has 6 heteroatoms. The minimum absolute atomic E-state index is 0.270. The number of carboxylic acids is 1. The highest BCUT2D eigenvalue weighted by molar-refractivity contribution is 7.89. The molecule has 1 aliphatic heterocycles. The Balaban J connectivity index is 2.25. The molecule has 18 heavy (non-hydrogen) atoms. The van der Waals surface area contributed by atoms with Gasteiger partial charge >= 0.3 is 5.97 Å². The van der Waals surface area contributed by atoms with Gasteiger partial charge in [-0.15, -0.1) is 0 Å². The molecule has 1 N–H and O–H groups in total. The molecule has 0 spiro atoms. The van der Waals surface area contributed by atoms with Crippen LogP contribution in [-0.2, 0) is 27.8 Å². The van der Waals surface area contributed by atoms with Crippen molar-refractivity contribution in [1.82, 2.24) is 4.31 Å². The molecule has 1 aromatic rings. The van der Waals surface area contributed by atoms with E-state index in [1.165, 1.54) is 4.31 Å². The lowest BCUT2D eigenvalue weighted by molar-refractivity contribution is -0.134. The first-order chi connectivity index (χ1) is 8.49. The fourth-order valence-electron chi connectivity index (χ4n) is 2.16. The average molecular weight is 269 g/mol. The maximum absolute atomic E-state index is 11.9. The molecule has 1 heterocycles. The number of nitrogens with zero attached hydrogens (tertiary/aromatic N) is 1. The van der Waals surface area contributed by atoms with Gasteiger partial charge in [-0.1, -0.05) is 24.3 Å². The summed E-state index contributed by atoms with van der Waals surface area (Å²) in [5.74, 6) is -2.15. The highest BCUT2D eigenvalue weighted by Crippen LogP contribution is 2.20. The molecule has 1 aliphatic rings. The molecule has 0 unspecified atom stereocenters. The lowest BCUT2D eigenvalue weighted by Crippen LogP contribution is -2.35. The van der Waals surface area contributed by atoms with Gasteiger partial charge in [-0.05, 0) is 24.0 Å². The van der Waals surface area contributed by atoms with Gasteiger partial charge in [0.25, 0.3) is 0 Å². The first-order valence-corrected chi connectivity index (χ1v) is 7.36. The van der Waals surface area contributed by atoms with Crippen molar-refractivity contribution < 1.29 is 18.3 Å². The Labute approximate surface area is 106 Å². The Morgan fingerprint density at radius 3 is 2.61 bits per heavy atom. The highest BCUT2D eigenvalue weighted by Gasteiger charge is 2.27. The molecule has 1 aromatic carbocycles. The summed E-state index contributed by atoms with van der Waals surface area (Å²) in [7, 11) is -3.71. The van der Waals surface area contributed by atoms with Crippen molar-refractivity contribution >= 4 is 16.0 Å². The average Bonchev–Trinajstić information content (AvgIpc) is 2.49. The minimum Gasteiger partial charge on any atom is -0.480 e. The van der Waals surface area contributed by atoms with Crippen LogP contribution in [0.4, 0.5) is 0 Å². The first-order valence-electron chi connectivity index (χ1n) is 5.75. The molecular formula is C12H15NO4S. The van der Waals surface area contributed by atoms with Crippen molar-refractivity contribution in [3.8, 4) is 0 Å². The topological polar surface area (TPSA) is 74.7 Å². The summed E-state index contributed by atoms with van der Waals surface area (Å²) in [5, 5.41) is 8.64. The van der Waals surface area contributed by atoms with E-state index in [-0.39, 0.29) is 6.54 Å². The number of carboxylic acid groups (broad SMARTS) is 1. The second-order valence-electron chi connectivity index (χ2n) is 4.36. The van der Waals surface area contributed by atoms with E-state index in [2.05, 4.69) is 0 Å². The van der Waals surface area contributed by atoms with Crippen LogP contribution < -0.4 is 0 Å². The largest absolute Gasteiger partial charge is 0.480 e. The van der Waals surface area contributed by atoms with E-state index in [9.17, 15) is 13.2 Å². The number of hydrogen-bond acceptors (Lipinski definition) is 3. The van der Waals surface area contributed by atoms with E-state index in [1.807, 2.05) is 24.3 Å². The Bertz CT molecular complexity index is 553. The van der Waals surface area contributed by atoms with E-state index < -0.39 is 21.7 Å². The van der Waals surface area contributed by atoms with Gasteiger partial charge in [0.05, 0.1) is 0 Å². The van der Waals surface area contributed by atoms with E-state index in [0.29, 0.717) is 6.54 Å². The summed E-state index contributed by atoms with van der Waals surface area (Å²) < 4.78 is 25.1. The monoisotopic (exact) mass is 269 g/mol. The van der Waals surface area contributed by atoms with Gasteiger partial charge in [-0.2, -0.15) is 4.31 Å². The van der Waals surface area contributed by atoms with Crippen LogP contribution in [-0.4, -0.2) is 36.1 Å². The number of rotatable bonds is 3. The third-order valence-corrected chi connectivity index (χ3v) is 4.73. The molecule has 0 amide bonds. The van der Waals surface area contributed by atoms with Crippen LogP contribution >= 0.6 is 0 Å². The predicted octanol–water partition coefficient (Wildman–Crippen LogP) is 0.849. The zero-order valence-electron chi connectivity index (χ0n) is 9.87. The zero-order valence-corrected chi connectivity index (χ0v) is 10.7. The van der Waals surface area contributed by atoms with Crippen molar-refractivity contribution in [3.63, 3.8) is 0 Å². The second kappa shape index (κ2) is 5.07. The van der Waals surface area contributed by atoms with E-state index in [0.717, 1.165) is 24.0 Å². The molecule has 0 saturated carbocycles. The van der Waals surface area contributed by atoms with Crippen molar-refractivity contribution in [2.24, 2.45) is 0 Å². The molecule has 0 atom stereocenters. The van der Waals surface area contributed by atoms with Gasteiger partial charge in [0.1, 0.15) is 0 Å². The van der Waals surface area contributed by atoms with Gasteiger partial charge in [0.15, 0.2) is 5.75 Å². The van der Waals surface area contributed by atoms with Gasteiger partial charge < -0.3 is 5.11 Å². The molecule has 98 valence electrons. The molecule has 0 radical (unpaired) electrons. The summed E-state index contributed by atoms with van der Waals surface area (Å²) in [6.45, 7) is 0.649. The lowest BCUT2D eigenvalue weighted by atomic mass is 10.0. The van der Waals surface area contributed by atoms with Gasteiger partial charge in [-0.3, -0.25) is 4.79 Å². The molecule has 0 bridgehead atoms. The number of benzene rings is 1. The number of aliphatic carboxylic acids is 1. The SMILES string of the molecule is O=C(O)CS(=O)(=O)N1CCCc2ccccc2C1. The van der Waals surface area contributed by atoms with Crippen molar-refractivity contribution in [1.29, 1.82) is 0 Å². The number of sulfonamides is 1. The number of hydrogen-bond donors (Lipinski definition) is 1. The fourth-order valence-corrected chi connectivity index (χ4v) is 3.39. The molecule has 0 aromatic heterocycles. The molecule has 5 nitrogen and oxygen atoms in total. The molecule has 2 rings (SSSR count). The summed E-state index contributed by atoms with van der Waals surface area (Å²) in [6, 6.07) is 7.68. The third kappa shape index (κ3) is 2.88. The van der Waals surface area contributed by atoms with Crippen LogP contribution in [0.5, 0.6) is 0 Å². The fraction of sp³-hybridized carbons (Fsp3) is 0.417. The van der Waals surface area contributed by atoms with Crippen LogP contribution in [0, 0.1) is 0 Å².